The molecule has 0 unspecified atom stereocenters. The second kappa shape index (κ2) is 6.20. The minimum absolute atomic E-state index is 0.609. The molecule has 3 nitrogen and oxygen atoms in total. The molecule has 0 aliphatic carbocycles. The summed E-state index contributed by atoms with van der Waals surface area (Å²) in [5.74, 6) is 2.50. The molecular weight excluding hydrogens is 350 g/mol. The van der Waals surface area contributed by atoms with Crippen LogP contribution in [0.5, 0.6) is 11.5 Å². The third-order valence-electron chi connectivity index (χ3n) is 3.29. The highest BCUT2D eigenvalue weighted by molar-refractivity contribution is 9.10. The first kappa shape index (κ1) is 14.6. The Labute approximate surface area is 137 Å². The van der Waals surface area contributed by atoms with Gasteiger partial charge < -0.3 is 15.2 Å². The molecule has 0 saturated heterocycles. The minimum Gasteiger partial charge on any atom is -0.486 e. The molecule has 0 atom stereocenters. The highest BCUT2D eigenvalue weighted by Crippen LogP contribution is 2.38. The standard InChI is InChI=1S/C16H16BrNO2S/c1-10-6-12(18)2-3-16(10)21-9-11-7-14-15(8-13(11)17)20-5-4-19-14/h2-3,6-8H,4-5,9,18H2,1H3. The molecule has 3 rings (SSSR count). The quantitative estimate of drug-likeness (QED) is 0.646. The fourth-order valence-electron chi connectivity index (χ4n) is 2.21. The Morgan fingerprint density at radius 2 is 1.86 bits per heavy atom. The van der Waals surface area contributed by atoms with Gasteiger partial charge in [-0.2, -0.15) is 0 Å². The van der Waals surface area contributed by atoms with E-state index in [1.54, 1.807) is 11.8 Å². The van der Waals surface area contributed by atoms with Crippen molar-refractivity contribution in [1.29, 1.82) is 0 Å². The van der Waals surface area contributed by atoms with E-state index in [-0.39, 0.29) is 0 Å². The highest BCUT2D eigenvalue weighted by atomic mass is 79.9. The van der Waals surface area contributed by atoms with Crippen molar-refractivity contribution in [1.82, 2.24) is 0 Å². The summed E-state index contributed by atoms with van der Waals surface area (Å²) >= 11 is 5.40. The number of aryl methyl sites for hydroxylation is 1. The van der Waals surface area contributed by atoms with Crippen molar-refractivity contribution in [2.75, 3.05) is 18.9 Å². The van der Waals surface area contributed by atoms with Crippen molar-refractivity contribution in [2.45, 2.75) is 17.6 Å². The first-order chi connectivity index (χ1) is 10.1. The zero-order valence-electron chi connectivity index (χ0n) is 11.7. The van der Waals surface area contributed by atoms with Crippen molar-refractivity contribution in [2.24, 2.45) is 0 Å². The fourth-order valence-corrected chi connectivity index (χ4v) is 3.86. The Kier molecular flexibility index (Phi) is 4.31. The number of anilines is 1. The average molecular weight is 366 g/mol. The molecule has 0 spiro atoms. The number of nitrogen functional groups attached to an aromatic ring is 1. The van der Waals surface area contributed by atoms with Crippen LogP contribution in [0.1, 0.15) is 11.1 Å². The van der Waals surface area contributed by atoms with Gasteiger partial charge in [0.2, 0.25) is 0 Å². The number of hydrogen-bond acceptors (Lipinski definition) is 4. The van der Waals surface area contributed by atoms with Gasteiger partial charge in [-0.3, -0.25) is 0 Å². The molecule has 0 radical (unpaired) electrons. The van der Waals surface area contributed by atoms with Crippen molar-refractivity contribution in [3.63, 3.8) is 0 Å². The van der Waals surface area contributed by atoms with Gasteiger partial charge in [0.1, 0.15) is 13.2 Å². The summed E-state index contributed by atoms with van der Waals surface area (Å²) in [6.45, 7) is 3.30. The third kappa shape index (κ3) is 3.30. The first-order valence-electron chi connectivity index (χ1n) is 6.70. The van der Waals surface area contributed by atoms with E-state index in [0.717, 1.165) is 27.4 Å². The number of nitrogens with two attached hydrogens (primary N) is 1. The molecule has 21 heavy (non-hydrogen) atoms. The summed E-state index contributed by atoms with van der Waals surface area (Å²) in [5, 5.41) is 0. The van der Waals surface area contributed by atoms with Gasteiger partial charge in [-0.15, -0.1) is 11.8 Å². The van der Waals surface area contributed by atoms with Crippen LogP contribution >= 0.6 is 27.7 Å². The molecule has 0 aromatic heterocycles. The zero-order chi connectivity index (χ0) is 14.8. The molecule has 0 amide bonds. The van der Waals surface area contributed by atoms with Crippen LogP contribution in [0, 0.1) is 6.92 Å². The Morgan fingerprint density at radius 1 is 1.14 bits per heavy atom. The Hall–Kier alpha value is -1.33. The lowest BCUT2D eigenvalue weighted by molar-refractivity contribution is 0.171. The van der Waals surface area contributed by atoms with Crippen LogP contribution < -0.4 is 15.2 Å². The number of halogens is 1. The van der Waals surface area contributed by atoms with E-state index in [0.29, 0.717) is 13.2 Å². The van der Waals surface area contributed by atoms with Crippen LogP contribution in [0.2, 0.25) is 0 Å². The SMILES string of the molecule is Cc1cc(N)ccc1SCc1cc2c(cc1Br)OCCO2. The van der Waals surface area contributed by atoms with Crippen molar-refractivity contribution in [3.8, 4) is 11.5 Å². The van der Waals surface area contributed by atoms with E-state index in [1.165, 1.54) is 16.0 Å². The van der Waals surface area contributed by atoms with Gasteiger partial charge >= 0.3 is 0 Å². The Morgan fingerprint density at radius 3 is 2.57 bits per heavy atom. The third-order valence-corrected chi connectivity index (χ3v) is 5.26. The lowest BCUT2D eigenvalue weighted by atomic mass is 10.2. The maximum Gasteiger partial charge on any atom is 0.162 e. The van der Waals surface area contributed by atoms with Crippen LogP contribution in [0.15, 0.2) is 39.7 Å². The largest absolute Gasteiger partial charge is 0.486 e. The van der Waals surface area contributed by atoms with Crippen LogP contribution in [0.3, 0.4) is 0 Å². The highest BCUT2D eigenvalue weighted by Gasteiger charge is 2.15. The summed E-state index contributed by atoms with van der Waals surface area (Å²) in [5.41, 5.74) is 8.99. The van der Waals surface area contributed by atoms with Gasteiger partial charge in [0, 0.05) is 20.8 Å². The zero-order valence-corrected chi connectivity index (χ0v) is 14.1. The number of thioether (sulfide) groups is 1. The fraction of sp³-hybridized carbons (Fsp3) is 0.250. The van der Waals surface area contributed by atoms with E-state index < -0.39 is 0 Å². The normalized spacial score (nSPS) is 13.2. The Balaban J connectivity index is 1.78. The van der Waals surface area contributed by atoms with Crippen molar-refractivity contribution in [3.05, 3.63) is 45.9 Å². The summed E-state index contributed by atoms with van der Waals surface area (Å²) in [6.07, 6.45) is 0. The van der Waals surface area contributed by atoms with E-state index in [4.69, 9.17) is 15.2 Å². The summed E-state index contributed by atoms with van der Waals surface area (Å²) in [6, 6.07) is 10.1. The predicted molar refractivity (Wildman–Crippen MR) is 90.3 cm³/mol. The van der Waals surface area contributed by atoms with E-state index >= 15 is 0 Å². The number of ether oxygens (including phenoxy) is 2. The Bertz CT molecular complexity index is 676. The molecular formula is C16H16BrNO2S. The van der Waals surface area contributed by atoms with E-state index in [2.05, 4.69) is 35.0 Å². The molecule has 1 aliphatic rings. The van der Waals surface area contributed by atoms with E-state index in [9.17, 15) is 0 Å². The molecule has 110 valence electrons. The van der Waals surface area contributed by atoms with Crippen molar-refractivity contribution < 1.29 is 9.47 Å². The maximum atomic E-state index is 5.79. The van der Waals surface area contributed by atoms with Gasteiger partial charge in [-0.1, -0.05) is 15.9 Å². The first-order valence-corrected chi connectivity index (χ1v) is 8.48. The van der Waals surface area contributed by atoms with Gasteiger partial charge in [0.05, 0.1) is 0 Å². The molecule has 0 saturated carbocycles. The second-order valence-corrected chi connectivity index (χ2v) is 6.77. The number of benzene rings is 2. The average Bonchev–Trinajstić information content (AvgIpc) is 2.46. The van der Waals surface area contributed by atoms with Crippen LogP contribution in [0.25, 0.3) is 0 Å². The molecule has 0 fully saturated rings. The predicted octanol–water partition coefficient (Wildman–Crippen LogP) is 4.40. The van der Waals surface area contributed by atoms with Crippen LogP contribution in [-0.2, 0) is 5.75 Å². The molecule has 2 aromatic carbocycles. The lowest BCUT2D eigenvalue weighted by Crippen LogP contribution is -2.15. The van der Waals surface area contributed by atoms with Gasteiger partial charge in [0.25, 0.3) is 0 Å². The number of fused-ring (bicyclic) bond motifs is 1. The molecule has 5 heteroatoms. The van der Waals surface area contributed by atoms with Gasteiger partial charge in [-0.25, -0.2) is 0 Å². The van der Waals surface area contributed by atoms with Crippen LogP contribution in [0.4, 0.5) is 5.69 Å². The number of rotatable bonds is 3. The maximum absolute atomic E-state index is 5.79. The monoisotopic (exact) mass is 365 g/mol. The van der Waals surface area contributed by atoms with Crippen LogP contribution in [-0.4, -0.2) is 13.2 Å². The molecule has 2 N–H and O–H groups in total. The molecule has 1 aliphatic heterocycles. The van der Waals surface area contributed by atoms with Gasteiger partial charge in [-0.05, 0) is 48.4 Å². The topological polar surface area (TPSA) is 44.5 Å². The lowest BCUT2D eigenvalue weighted by Gasteiger charge is -2.20. The summed E-state index contributed by atoms with van der Waals surface area (Å²) in [4.78, 5) is 1.24. The molecule has 1 heterocycles. The molecule has 2 aromatic rings. The van der Waals surface area contributed by atoms with Gasteiger partial charge in [0.15, 0.2) is 11.5 Å². The second-order valence-electron chi connectivity index (χ2n) is 4.90. The summed E-state index contributed by atoms with van der Waals surface area (Å²) in [7, 11) is 0. The minimum atomic E-state index is 0.609. The molecule has 0 bridgehead atoms. The number of hydrogen-bond donors (Lipinski definition) is 1. The van der Waals surface area contributed by atoms with Crippen molar-refractivity contribution >= 4 is 33.4 Å². The van der Waals surface area contributed by atoms with E-state index in [1.807, 2.05) is 18.2 Å². The summed E-state index contributed by atoms with van der Waals surface area (Å²) < 4.78 is 12.3. The smallest absolute Gasteiger partial charge is 0.162 e.